The molecule has 0 N–H and O–H groups in total. The number of nitrogens with zero attached hydrogens (tertiary/aromatic N) is 5. The van der Waals surface area contributed by atoms with Gasteiger partial charge in [0.2, 0.25) is 0 Å². The minimum Gasteiger partial charge on any atom is -0.228 e. The largest absolute Gasteiger partial charge is 0.228 e. The lowest BCUT2D eigenvalue weighted by Gasteiger charge is -2.22. The van der Waals surface area contributed by atoms with Crippen LogP contribution in [-0.4, -0.2) is 24.9 Å². The van der Waals surface area contributed by atoms with E-state index >= 15 is 0 Å². The molecule has 2 aromatic heterocycles. The van der Waals surface area contributed by atoms with Crippen molar-refractivity contribution in [2.45, 2.75) is 19.6 Å². The topological polar surface area (TPSA) is 64.5 Å². The highest BCUT2D eigenvalue weighted by Crippen LogP contribution is 2.52. The molecule has 0 saturated heterocycles. The fraction of sp³-hybridized carbons (Fsp3) is 0. The van der Waals surface area contributed by atoms with E-state index in [0.29, 0.717) is 23.3 Å². The molecule has 0 spiro atoms. The van der Waals surface area contributed by atoms with Crippen LogP contribution in [0.15, 0.2) is 208 Å². The zero-order valence-corrected chi connectivity index (χ0v) is 31.6. The minimum atomic E-state index is 0.585. The van der Waals surface area contributed by atoms with Gasteiger partial charge in [0.05, 0.1) is 11.4 Å². The van der Waals surface area contributed by atoms with Gasteiger partial charge in [0, 0.05) is 53.0 Å². The van der Waals surface area contributed by atoms with Crippen molar-refractivity contribution in [3.8, 4) is 79.2 Å². The van der Waals surface area contributed by atoms with Crippen LogP contribution in [0.3, 0.4) is 0 Å². The molecule has 10 rings (SSSR count). The van der Waals surface area contributed by atoms with E-state index in [-0.39, 0.29) is 0 Å². The predicted octanol–water partition coefficient (Wildman–Crippen LogP) is 12.9. The normalized spacial score (nSPS) is 11.8. The minimum absolute atomic E-state index is 0.585. The zero-order chi connectivity index (χ0) is 37.3. The van der Waals surface area contributed by atoms with Gasteiger partial charge in [-0.1, -0.05) is 181 Å². The number of benzene rings is 7. The van der Waals surface area contributed by atoms with Crippen molar-refractivity contribution in [3.63, 3.8) is 0 Å². The average Bonchev–Trinajstić information content (AvgIpc) is 3.29. The Kier molecular flexibility index (Phi) is 8.99. The third kappa shape index (κ3) is 6.68. The lowest BCUT2D eigenvalue weighted by atomic mass is 9.95. The quantitative estimate of drug-likeness (QED) is 0.161. The van der Waals surface area contributed by atoms with Crippen molar-refractivity contribution in [2.75, 3.05) is 0 Å². The molecule has 0 radical (unpaired) electrons. The maximum Gasteiger partial charge on any atom is 0.164 e. The van der Waals surface area contributed by atoms with Crippen molar-refractivity contribution in [1.82, 2.24) is 24.9 Å². The Morgan fingerprint density at radius 1 is 0.268 bits per heavy atom. The first-order valence-electron chi connectivity index (χ1n) is 18.3. The molecule has 1 aliphatic rings. The van der Waals surface area contributed by atoms with Gasteiger partial charge in [-0.3, -0.25) is 0 Å². The molecule has 3 heterocycles. The molecule has 0 atom stereocenters. The molecular weight excluding hydrogens is 723 g/mol. The van der Waals surface area contributed by atoms with Gasteiger partial charge in [-0.05, 0) is 41.5 Å². The summed E-state index contributed by atoms with van der Waals surface area (Å²) < 4.78 is 0. The fourth-order valence-corrected chi connectivity index (χ4v) is 9.27. The van der Waals surface area contributed by atoms with Crippen molar-refractivity contribution < 1.29 is 0 Å². The predicted molar refractivity (Wildman–Crippen MR) is 228 cm³/mol. The maximum atomic E-state index is 5.23. The Labute approximate surface area is 333 Å². The molecule has 0 unspecified atom stereocenters. The highest BCUT2D eigenvalue weighted by atomic mass is 32.2. The van der Waals surface area contributed by atoms with E-state index in [1.807, 2.05) is 121 Å². The first-order valence-corrected chi connectivity index (χ1v) is 20.0. The average molecular weight is 754 g/mol. The van der Waals surface area contributed by atoms with Gasteiger partial charge in [-0.25, -0.2) is 24.9 Å². The molecule has 0 amide bonds. The summed E-state index contributed by atoms with van der Waals surface area (Å²) in [6.45, 7) is 0. The van der Waals surface area contributed by atoms with Crippen LogP contribution in [0.4, 0.5) is 0 Å². The van der Waals surface area contributed by atoms with Crippen LogP contribution in [0.2, 0.25) is 0 Å². The summed E-state index contributed by atoms with van der Waals surface area (Å²) in [4.78, 5) is 30.7. The first-order chi connectivity index (χ1) is 27.7. The van der Waals surface area contributed by atoms with Crippen LogP contribution >= 0.6 is 23.5 Å². The molecule has 0 bridgehead atoms. The van der Waals surface area contributed by atoms with E-state index in [4.69, 9.17) is 24.9 Å². The second-order valence-electron chi connectivity index (χ2n) is 13.3. The first kappa shape index (κ1) is 33.9. The number of hydrogen-bond donors (Lipinski definition) is 0. The van der Waals surface area contributed by atoms with Gasteiger partial charge < -0.3 is 0 Å². The molecule has 7 heteroatoms. The van der Waals surface area contributed by atoms with Crippen LogP contribution in [0.25, 0.3) is 79.2 Å². The molecule has 0 aliphatic carbocycles. The van der Waals surface area contributed by atoms with Gasteiger partial charge >= 0.3 is 0 Å². The molecule has 56 heavy (non-hydrogen) atoms. The van der Waals surface area contributed by atoms with Crippen molar-refractivity contribution in [2.24, 2.45) is 0 Å². The fourth-order valence-electron chi connectivity index (χ4n) is 6.88. The SMILES string of the molecule is c1ccc(-c2cc(-c3ccc(-c4cccc5c4Sc4ccccc4S5)c(-c4nc(-c5ccccc5)nc(-c5ccccc5)n4)c3)nc(-c3ccccc3)n2)cc1. The number of rotatable bonds is 7. The zero-order valence-electron chi connectivity index (χ0n) is 30.0. The van der Waals surface area contributed by atoms with Crippen LogP contribution in [-0.2, 0) is 0 Å². The Balaban J connectivity index is 1.22. The van der Waals surface area contributed by atoms with Gasteiger partial charge in [-0.2, -0.15) is 0 Å². The Morgan fingerprint density at radius 2 is 0.732 bits per heavy atom. The maximum absolute atomic E-state index is 5.23. The van der Waals surface area contributed by atoms with Gasteiger partial charge in [0.1, 0.15) is 0 Å². The molecule has 5 nitrogen and oxygen atoms in total. The molecule has 7 aromatic carbocycles. The summed E-state index contributed by atoms with van der Waals surface area (Å²) in [7, 11) is 0. The second-order valence-corrected chi connectivity index (χ2v) is 15.4. The monoisotopic (exact) mass is 753 g/mol. The Morgan fingerprint density at radius 3 is 1.32 bits per heavy atom. The summed E-state index contributed by atoms with van der Waals surface area (Å²) in [5.74, 6) is 2.47. The third-order valence-electron chi connectivity index (χ3n) is 9.63. The van der Waals surface area contributed by atoms with E-state index in [1.165, 1.54) is 19.6 Å². The molecular formula is C49H31N5S2. The summed E-state index contributed by atoms with van der Waals surface area (Å²) >= 11 is 3.63. The molecule has 264 valence electrons. The van der Waals surface area contributed by atoms with Crippen LogP contribution in [0.1, 0.15) is 0 Å². The standard InChI is InChI=1S/C49H31N5S2/c1-5-16-32(17-6-1)40-31-41(51-46(50-40)33-18-7-2-8-19-33)36-28-29-37(38-24-15-27-44-45(38)56-43-26-14-13-25-42(43)55-44)39(30-36)49-53-47(34-20-9-3-10-21-34)52-48(54-49)35-22-11-4-12-23-35/h1-31H. The lowest BCUT2D eigenvalue weighted by Crippen LogP contribution is -2.02. The van der Waals surface area contributed by atoms with Crippen LogP contribution < -0.4 is 0 Å². The van der Waals surface area contributed by atoms with Gasteiger partial charge in [0.25, 0.3) is 0 Å². The van der Waals surface area contributed by atoms with Gasteiger partial charge in [0.15, 0.2) is 23.3 Å². The van der Waals surface area contributed by atoms with Crippen molar-refractivity contribution >= 4 is 23.5 Å². The lowest BCUT2D eigenvalue weighted by molar-refractivity contribution is 1.07. The van der Waals surface area contributed by atoms with Crippen LogP contribution in [0, 0.1) is 0 Å². The summed E-state index contributed by atoms with van der Waals surface area (Å²) in [5, 5.41) is 0. The summed E-state index contributed by atoms with van der Waals surface area (Å²) in [5.41, 5.74) is 9.44. The Hall–Kier alpha value is -6.67. The Bertz CT molecular complexity index is 2740. The molecule has 9 aromatic rings. The number of hydrogen-bond acceptors (Lipinski definition) is 7. The van der Waals surface area contributed by atoms with E-state index in [9.17, 15) is 0 Å². The van der Waals surface area contributed by atoms with E-state index in [2.05, 4.69) is 91.0 Å². The molecule has 0 saturated carbocycles. The highest BCUT2D eigenvalue weighted by molar-refractivity contribution is 8.05. The van der Waals surface area contributed by atoms with Crippen LogP contribution in [0.5, 0.6) is 0 Å². The summed E-state index contributed by atoms with van der Waals surface area (Å²) in [6.07, 6.45) is 0. The molecule has 0 fully saturated rings. The highest BCUT2D eigenvalue weighted by Gasteiger charge is 2.24. The smallest absolute Gasteiger partial charge is 0.164 e. The van der Waals surface area contributed by atoms with E-state index in [1.54, 1.807) is 0 Å². The van der Waals surface area contributed by atoms with Crippen molar-refractivity contribution in [3.05, 3.63) is 188 Å². The van der Waals surface area contributed by atoms with Gasteiger partial charge in [-0.15, -0.1) is 0 Å². The number of fused-ring (bicyclic) bond motifs is 2. The van der Waals surface area contributed by atoms with Crippen molar-refractivity contribution in [1.29, 1.82) is 0 Å². The molecule has 1 aliphatic heterocycles. The number of aromatic nitrogens is 5. The second kappa shape index (κ2) is 14.9. The third-order valence-corrected chi connectivity index (χ3v) is 12.2. The van der Waals surface area contributed by atoms with E-state index in [0.717, 1.165) is 55.9 Å². The van der Waals surface area contributed by atoms with E-state index < -0.39 is 0 Å². The summed E-state index contributed by atoms with van der Waals surface area (Å²) in [6, 6.07) is 64.5.